The van der Waals surface area contributed by atoms with Gasteiger partial charge in [-0.1, -0.05) is 13.3 Å². The van der Waals surface area contributed by atoms with Crippen LogP contribution in [0.4, 0.5) is 0 Å². The average Bonchev–Trinajstić information content (AvgIpc) is 2.68. The fourth-order valence-electron chi connectivity index (χ4n) is 2.10. The fourth-order valence-corrected chi connectivity index (χ4v) is 2.48. The van der Waals surface area contributed by atoms with E-state index in [2.05, 4.69) is 24.5 Å². The minimum atomic E-state index is 0.229. The maximum Gasteiger partial charge on any atom is 0.0971 e. The molecule has 0 aliphatic carbocycles. The second kappa shape index (κ2) is 6.74. The summed E-state index contributed by atoms with van der Waals surface area (Å²) in [4.78, 5) is 2.42. The fraction of sp³-hybridized carbons (Fsp3) is 1.00. The lowest BCUT2D eigenvalue weighted by Crippen LogP contribution is -2.29. The highest BCUT2D eigenvalue weighted by Crippen LogP contribution is 2.18. The van der Waals surface area contributed by atoms with E-state index < -0.39 is 0 Å². The number of hydrogen-bond acceptors (Lipinski definition) is 4. The first-order valence-electron chi connectivity index (χ1n) is 5.63. The molecule has 3 atom stereocenters. The van der Waals surface area contributed by atoms with Crippen LogP contribution in [0.2, 0.25) is 0 Å². The van der Waals surface area contributed by atoms with Crippen LogP contribution in [0, 0.1) is 5.92 Å². The van der Waals surface area contributed by atoms with E-state index in [1.165, 1.54) is 6.42 Å². The summed E-state index contributed by atoms with van der Waals surface area (Å²) in [6.07, 6.45) is 1.65. The van der Waals surface area contributed by atoms with Crippen molar-refractivity contribution >= 4 is 12.6 Å². The Morgan fingerprint density at radius 3 is 2.13 bits per heavy atom. The molecule has 4 heteroatoms. The van der Waals surface area contributed by atoms with Crippen LogP contribution in [0.25, 0.3) is 0 Å². The number of methoxy groups -OCH3 is 2. The van der Waals surface area contributed by atoms with Gasteiger partial charge in [0.15, 0.2) is 0 Å². The molecule has 1 aliphatic rings. The third kappa shape index (κ3) is 3.63. The van der Waals surface area contributed by atoms with Gasteiger partial charge in [0, 0.05) is 33.9 Å². The van der Waals surface area contributed by atoms with E-state index in [0.29, 0.717) is 5.92 Å². The smallest absolute Gasteiger partial charge is 0.0971 e. The largest absolute Gasteiger partial charge is 0.377 e. The van der Waals surface area contributed by atoms with Crippen molar-refractivity contribution in [3.8, 4) is 0 Å². The standard InChI is InChI=1S/C11H23NO2S/c1-4-9(8-15)5-12-6-10(13-2)11(7-12)14-3/h9-11,15H,4-8H2,1-3H3. The molecule has 0 aromatic carbocycles. The number of likely N-dealkylation sites (tertiary alicyclic amines) is 1. The zero-order chi connectivity index (χ0) is 11.3. The van der Waals surface area contributed by atoms with Gasteiger partial charge in [-0.3, -0.25) is 4.90 Å². The maximum atomic E-state index is 5.41. The molecule has 1 aliphatic heterocycles. The first kappa shape index (κ1) is 13.3. The lowest BCUT2D eigenvalue weighted by Gasteiger charge is -2.20. The molecule has 1 heterocycles. The van der Waals surface area contributed by atoms with E-state index in [9.17, 15) is 0 Å². The van der Waals surface area contributed by atoms with Crippen molar-refractivity contribution in [3.05, 3.63) is 0 Å². The first-order chi connectivity index (χ1) is 7.24. The predicted octanol–water partition coefficient (Wildman–Crippen LogP) is 1.29. The van der Waals surface area contributed by atoms with Crippen LogP contribution >= 0.6 is 12.6 Å². The van der Waals surface area contributed by atoms with Crippen molar-refractivity contribution in [2.45, 2.75) is 25.6 Å². The normalized spacial score (nSPS) is 29.6. The molecule has 3 nitrogen and oxygen atoms in total. The van der Waals surface area contributed by atoms with Crippen molar-refractivity contribution in [1.82, 2.24) is 4.90 Å². The Kier molecular flexibility index (Phi) is 5.97. The summed E-state index contributed by atoms with van der Waals surface area (Å²) in [6.45, 7) is 5.30. The Morgan fingerprint density at radius 1 is 1.27 bits per heavy atom. The van der Waals surface area contributed by atoms with E-state index in [0.717, 1.165) is 25.4 Å². The lowest BCUT2D eigenvalue weighted by molar-refractivity contribution is -0.00461. The molecule has 0 saturated carbocycles. The summed E-state index contributed by atoms with van der Waals surface area (Å²) in [6, 6.07) is 0. The third-order valence-corrected chi connectivity index (χ3v) is 3.76. The molecule has 1 saturated heterocycles. The molecule has 1 rings (SSSR count). The van der Waals surface area contributed by atoms with Crippen molar-refractivity contribution < 1.29 is 9.47 Å². The Hall–Kier alpha value is 0.230. The number of nitrogens with zero attached hydrogens (tertiary/aromatic N) is 1. The molecule has 15 heavy (non-hydrogen) atoms. The second-order valence-electron chi connectivity index (χ2n) is 4.22. The SMILES string of the molecule is CCC(CS)CN1CC(OC)C(OC)C1. The Balaban J connectivity index is 2.39. The molecular formula is C11H23NO2S. The molecule has 0 bridgehead atoms. The molecule has 0 amide bonds. The van der Waals surface area contributed by atoms with Gasteiger partial charge in [-0.15, -0.1) is 0 Å². The van der Waals surface area contributed by atoms with Crippen LogP contribution in [0.15, 0.2) is 0 Å². The summed E-state index contributed by atoms with van der Waals surface area (Å²) in [5.41, 5.74) is 0. The van der Waals surface area contributed by atoms with Crippen molar-refractivity contribution in [1.29, 1.82) is 0 Å². The van der Waals surface area contributed by atoms with Crippen molar-refractivity contribution in [2.75, 3.05) is 39.6 Å². The third-order valence-electron chi connectivity index (χ3n) is 3.25. The maximum absolute atomic E-state index is 5.41. The van der Waals surface area contributed by atoms with Crippen molar-refractivity contribution in [3.63, 3.8) is 0 Å². The van der Waals surface area contributed by atoms with Gasteiger partial charge in [0.2, 0.25) is 0 Å². The average molecular weight is 233 g/mol. The van der Waals surface area contributed by atoms with E-state index in [1.807, 2.05) is 0 Å². The second-order valence-corrected chi connectivity index (χ2v) is 4.59. The van der Waals surface area contributed by atoms with Crippen molar-refractivity contribution in [2.24, 2.45) is 5.92 Å². The van der Waals surface area contributed by atoms with Crippen LogP contribution in [0.3, 0.4) is 0 Å². The van der Waals surface area contributed by atoms with Gasteiger partial charge >= 0.3 is 0 Å². The highest BCUT2D eigenvalue weighted by molar-refractivity contribution is 7.80. The molecule has 0 N–H and O–H groups in total. The zero-order valence-corrected chi connectivity index (χ0v) is 10.9. The summed E-state index contributed by atoms with van der Waals surface area (Å²) < 4.78 is 10.8. The minimum Gasteiger partial charge on any atom is -0.377 e. The van der Waals surface area contributed by atoms with Crippen LogP contribution in [0.1, 0.15) is 13.3 Å². The van der Waals surface area contributed by atoms with Gasteiger partial charge in [-0.2, -0.15) is 12.6 Å². The van der Waals surface area contributed by atoms with Gasteiger partial charge in [0.1, 0.15) is 0 Å². The minimum absolute atomic E-state index is 0.229. The molecule has 0 spiro atoms. The monoisotopic (exact) mass is 233 g/mol. The van der Waals surface area contributed by atoms with Crippen LogP contribution in [0.5, 0.6) is 0 Å². The van der Waals surface area contributed by atoms with E-state index in [4.69, 9.17) is 9.47 Å². The predicted molar refractivity (Wildman–Crippen MR) is 65.7 cm³/mol. The molecule has 0 aromatic rings. The quantitative estimate of drug-likeness (QED) is 0.699. The summed E-state index contributed by atoms with van der Waals surface area (Å²) in [5.74, 6) is 1.64. The molecule has 0 radical (unpaired) electrons. The Bertz CT molecular complexity index is 164. The summed E-state index contributed by atoms with van der Waals surface area (Å²) in [5, 5.41) is 0. The van der Waals surface area contributed by atoms with E-state index >= 15 is 0 Å². The van der Waals surface area contributed by atoms with Crippen LogP contribution < -0.4 is 0 Å². The number of thiol groups is 1. The molecule has 3 unspecified atom stereocenters. The molecule has 90 valence electrons. The first-order valence-corrected chi connectivity index (χ1v) is 6.27. The molecule has 0 aromatic heterocycles. The molecule has 1 fully saturated rings. The topological polar surface area (TPSA) is 21.7 Å². The van der Waals surface area contributed by atoms with Gasteiger partial charge in [0.05, 0.1) is 12.2 Å². The van der Waals surface area contributed by atoms with Gasteiger partial charge in [-0.25, -0.2) is 0 Å². The lowest BCUT2D eigenvalue weighted by atomic mass is 10.1. The highest BCUT2D eigenvalue weighted by atomic mass is 32.1. The van der Waals surface area contributed by atoms with E-state index in [-0.39, 0.29) is 12.2 Å². The Morgan fingerprint density at radius 2 is 1.80 bits per heavy atom. The van der Waals surface area contributed by atoms with Gasteiger partial charge in [0.25, 0.3) is 0 Å². The van der Waals surface area contributed by atoms with Crippen LogP contribution in [-0.2, 0) is 9.47 Å². The highest BCUT2D eigenvalue weighted by Gasteiger charge is 2.33. The summed E-state index contributed by atoms with van der Waals surface area (Å²) >= 11 is 4.37. The van der Waals surface area contributed by atoms with Gasteiger partial charge in [-0.05, 0) is 11.7 Å². The number of hydrogen-bond donors (Lipinski definition) is 1. The Labute approximate surface area is 98.5 Å². The summed E-state index contributed by atoms with van der Waals surface area (Å²) in [7, 11) is 3.52. The number of rotatable bonds is 6. The van der Waals surface area contributed by atoms with Crippen LogP contribution in [-0.4, -0.2) is 56.7 Å². The molecular weight excluding hydrogens is 210 g/mol. The van der Waals surface area contributed by atoms with Gasteiger partial charge < -0.3 is 9.47 Å². The van der Waals surface area contributed by atoms with E-state index in [1.54, 1.807) is 14.2 Å². The zero-order valence-electron chi connectivity index (χ0n) is 9.98. The number of ether oxygens (including phenoxy) is 2.